The van der Waals surface area contributed by atoms with Gasteiger partial charge in [-0.25, -0.2) is 4.79 Å². The predicted octanol–water partition coefficient (Wildman–Crippen LogP) is 1.03. The number of halogens is 3. The Morgan fingerprint density at radius 3 is 2.56 bits per heavy atom. The standard InChI is InChI=1S/C10H14F3NO4/c1-18-7(10(11,12)13)5-8(15)14-4-2-3-6(14)9(16)17/h6-7H,2-5H2,1H3,(H,16,17). The van der Waals surface area contributed by atoms with E-state index in [-0.39, 0.29) is 13.0 Å². The summed E-state index contributed by atoms with van der Waals surface area (Å²) in [6, 6.07) is -1.02. The topological polar surface area (TPSA) is 66.8 Å². The van der Waals surface area contributed by atoms with Crippen LogP contribution in [0, 0.1) is 0 Å². The molecular weight excluding hydrogens is 255 g/mol. The molecule has 1 aliphatic heterocycles. The van der Waals surface area contributed by atoms with Gasteiger partial charge in [-0.2, -0.15) is 13.2 Å². The van der Waals surface area contributed by atoms with Crippen LogP contribution in [0.2, 0.25) is 0 Å². The molecule has 0 radical (unpaired) electrons. The van der Waals surface area contributed by atoms with Gasteiger partial charge >= 0.3 is 12.1 Å². The van der Waals surface area contributed by atoms with Crippen LogP contribution in [0.15, 0.2) is 0 Å². The van der Waals surface area contributed by atoms with Gasteiger partial charge in [0.25, 0.3) is 0 Å². The molecule has 0 saturated carbocycles. The number of likely N-dealkylation sites (tertiary alicyclic amines) is 1. The Bertz CT molecular complexity index is 332. The lowest BCUT2D eigenvalue weighted by molar-refractivity contribution is -0.215. The van der Waals surface area contributed by atoms with Crippen LogP contribution in [-0.2, 0) is 14.3 Å². The zero-order valence-electron chi connectivity index (χ0n) is 9.74. The van der Waals surface area contributed by atoms with Crippen molar-refractivity contribution in [2.75, 3.05) is 13.7 Å². The second-order valence-corrected chi connectivity index (χ2v) is 4.05. The number of hydrogen-bond acceptors (Lipinski definition) is 3. The Hall–Kier alpha value is -1.31. The Labute approximate surface area is 102 Å². The molecule has 0 spiro atoms. The molecule has 2 atom stereocenters. The molecular formula is C10H14F3NO4. The van der Waals surface area contributed by atoms with Gasteiger partial charge in [0.15, 0.2) is 6.10 Å². The lowest BCUT2D eigenvalue weighted by Gasteiger charge is -2.24. The first-order valence-electron chi connectivity index (χ1n) is 5.39. The highest BCUT2D eigenvalue weighted by atomic mass is 19.4. The maximum atomic E-state index is 12.4. The highest BCUT2D eigenvalue weighted by Gasteiger charge is 2.43. The molecule has 1 aliphatic rings. The molecule has 1 rings (SSSR count). The second kappa shape index (κ2) is 5.55. The van der Waals surface area contributed by atoms with Crippen LogP contribution in [0.1, 0.15) is 19.3 Å². The molecule has 104 valence electrons. The van der Waals surface area contributed by atoms with E-state index < -0.39 is 36.6 Å². The van der Waals surface area contributed by atoms with Gasteiger partial charge in [-0.3, -0.25) is 4.79 Å². The Kier molecular flexibility index (Phi) is 4.55. The number of aliphatic carboxylic acids is 1. The van der Waals surface area contributed by atoms with Gasteiger partial charge in [0, 0.05) is 13.7 Å². The van der Waals surface area contributed by atoms with Crippen LogP contribution in [0.3, 0.4) is 0 Å². The van der Waals surface area contributed by atoms with Crippen molar-refractivity contribution in [2.45, 2.75) is 37.6 Å². The molecule has 1 fully saturated rings. The van der Waals surface area contributed by atoms with Gasteiger partial charge in [-0.1, -0.05) is 0 Å². The number of ether oxygens (including phenoxy) is 1. The molecule has 1 N–H and O–H groups in total. The maximum absolute atomic E-state index is 12.4. The number of nitrogens with zero attached hydrogens (tertiary/aromatic N) is 1. The SMILES string of the molecule is COC(CC(=O)N1CCCC1C(=O)O)C(F)(F)F. The molecule has 0 aliphatic carbocycles. The number of carboxylic acids is 1. The van der Waals surface area contributed by atoms with Crippen molar-refractivity contribution < 1.29 is 32.6 Å². The first kappa shape index (κ1) is 14.7. The van der Waals surface area contributed by atoms with Crippen LogP contribution in [-0.4, -0.2) is 53.9 Å². The Balaban J connectivity index is 2.67. The van der Waals surface area contributed by atoms with Crippen LogP contribution >= 0.6 is 0 Å². The maximum Gasteiger partial charge on any atom is 0.415 e. The van der Waals surface area contributed by atoms with Gasteiger partial charge in [0.05, 0.1) is 6.42 Å². The molecule has 18 heavy (non-hydrogen) atoms. The third-order valence-corrected chi connectivity index (χ3v) is 2.87. The summed E-state index contributed by atoms with van der Waals surface area (Å²) in [6.45, 7) is 0.171. The zero-order chi connectivity index (χ0) is 13.9. The average Bonchev–Trinajstić information content (AvgIpc) is 2.72. The van der Waals surface area contributed by atoms with E-state index in [0.29, 0.717) is 6.42 Å². The lowest BCUT2D eigenvalue weighted by Crippen LogP contribution is -2.44. The summed E-state index contributed by atoms with van der Waals surface area (Å²) in [5, 5.41) is 8.84. The number of carboxylic acid groups (broad SMARTS) is 1. The van der Waals surface area contributed by atoms with Crippen molar-refractivity contribution in [3.05, 3.63) is 0 Å². The van der Waals surface area contributed by atoms with E-state index >= 15 is 0 Å². The first-order valence-corrected chi connectivity index (χ1v) is 5.39. The predicted molar refractivity (Wildman–Crippen MR) is 53.8 cm³/mol. The molecule has 5 nitrogen and oxygen atoms in total. The molecule has 1 heterocycles. The smallest absolute Gasteiger partial charge is 0.415 e. The summed E-state index contributed by atoms with van der Waals surface area (Å²) in [4.78, 5) is 23.5. The summed E-state index contributed by atoms with van der Waals surface area (Å²) in [7, 11) is 0.865. The fourth-order valence-corrected chi connectivity index (χ4v) is 1.93. The van der Waals surface area contributed by atoms with Crippen molar-refractivity contribution in [2.24, 2.45) is 0 Å². The van der Waals surface area contributed by atoms with Crippen molar-refractivity contribution in [3.63, 3.8) is 0 Å². The fraction of sp³-hybridized carbons (Fsp3) is 0.800. The minimum Gasteiger partial charge on any atom is -0.480 e. The molecule has 1 amide bonds. The van der Waals surface area contributed by atoms with Crippen molar-refractivity contribution in [1.82, 2.24) is 4.90 Å². The third-order valence-electron chi connectivity index (χ3n) is 2.87. The number of hydrogen-bond donors (Lipinski definition) is 1. The van der Waals surface area contributed by atoms with E-state index in [1.165, 1.54) is 0 Å². The van der Waals surface area contributed by atoms with E-state index in [1.54, 1.807) is 0 Å². The molecule has 0 aromatic rings. The van der Waals surface area contributed by atoms with E-state index in [4.69, 9.17) is 5.11 Å². The number of carbonyl (C=O) groups is 2. The summed E-state index contributed by atoms with van der Waals surface area (Å²) in [5.41, 5.74) is 0. The summed E-state index contributed by atoms with van der Waals surface area (Å²) in [5.74, 6) is -2.04. The van der Waals surface area contributed by atoms with E-state index in [9.17, 15) is 22.8 Å². The van der Waals surface area contributed by atoms with Gasteiger partial charge in [0.2, 0.25) is 5.91 Å². The largest absolute Gasteiger partial charge is 0.480 e. The van der Waals surface area contributed by atoms with Crippen molar-refractivity contribution >= 4 is 11.9 Å². The fourth-order valence-electron chi connectivity index (χ4n) is 1.93. The number of rotatable bonds is 4. The number of carbonyl (C=O) groups excluding carboxylic acids is 1. The summed E-state index contributed by atoms with van der Waals surface area (Å²) in [6.07, 6.45) is -6.97. The lowest BCUT2D eigenvalue weighted by atomic mass is 10.2. The molecule has 8 heteroatoms. The third kappa shape index (κ3) is 3.34. The van der Waals surface area contributed by atoms with Gasteiger partial charge in [-0.15, -0.1) is 0 Å². The van der Waals surface area contributed by atoms with Crippen LogP contribution in [0.25, 0.3) is 0 Å². The van der Waals surface area contributed by atoms with Gasteiger partial charge in [-0.05, 0) is 12.8 Å². The van der Waals surface area contributed by atoms with Crippen molar-refractivity contribution in [3.8, 4) is 0 Å². The summed E-state index contributed by atoms with van der Waals surface area (Å²) < 4.78 is 41.5. The van der Waals surface area contributed by atoms with E-state index in [0.717, 1.165) is 12.0 Å². The molecule has 0 aromatic carbocycles. The highest BCUT2D eigenvalue weighted by Crippen LogP contribution is 2.27. The van der Waals surface area contributed by atoms with E-state index in [1.807, 2.05) is 0 Å². The number of amides is 1. The monoisotopic (exact) mass is 269 g/mol. The minimum absolute atomic E-state index is 0.171. The molecule has 2 unspecified atom stereocenters. The van der Waals surface area contributed by atoms with Crippen molar-refractivity contribution in [1.29, 1.82) is 0 Å². The molecule has 1 saturated heterocycles. The quantitative estimate of drug-likeness (QED) is 0.827. The Morgan fingerprint density at radius 1 is 1.50 bits per heavy atom. The van der Waals surface area contributed by atoms with Crippen LogP contribution in [0.5, 0.6) is 0 Å². The first-order chi connectivity index (χ1) is 8.27. The van der Waals surface area contributed by atoms with Gasteiger partial charge in [0.1, 0.15) is 6.04 Å². The van der Waals surface area contributed by atoms with Crippen LogP contribution < -0.4 is 0 Å². The van der Waals surface area contributed by atoms with E-state index in [2.05, 4.69) is 4.74 Å². The zero-order valence-corrected chi connectivity index (χ0v) is 9.74. The second-order valence-electron chi connectivity index (χ2n) is 4.05. The minimum atomic E-state index is -4.64. The summed E-state index contributed by atoms with van der Waals surface area (Å²) >= 11 is 0. The number of alkyl halides is 3. The molecule has 0 bridgehead atoms. The normalized spacial score (nSPS) is 22.0. The number of methoxy groups -OCH3 is 1. The Morgan fingerprint density at radius 2 is 2.11 bits per heavy atom. The van der Waals surface area contributed by atoms with Crippen LogP contribution in [0.4, 0.5) is 13.2 Å². The average molecular weight is 269 g/mol. The highest BCUT2D eigenvalue weighted by molar-refractivity contribution is 5.84. The molecule has 0 aromatic heterocycles. The van der Waals surface area contributed by atoms with Gasteiger partial charge < -0.3 is 14.7 Å².